The fraction of sp³-hybridized carbons (Fsp3) is 0.385. The van der Waals surface area contributed by atoms with Gasteiger partial charge in [-0.15, -0.1) is 0 Å². The number of fused-ring (bicyclic) bond motifs is 1. The van der Waals surface area contributed by atoms with Gasteiger partial charge in [0.2, 0.25) is 0 Å². The van der Waals surface area contributed by atoms with Crippen molar-refractivity contribution >= 4 is 57.0 Å². The van der Waals surface area contributed by atoms with Gasteiger partial charge in [0.15, 0.2) is 5.11 Å². The SMILES string of the molecule is Cc1ccc(Cl)cc1N1CCN(C(=S)Nc2ccc3nc(N4CCCC4)cc(C)c3c2)CC1. The smallest absolute Gasteiger partial charge is 0.173 e. The van der Waals surface area contributed by atoms with E-state index in [9.17, 15) is 0 Å². The van der Waals surface area contributed by atoms with Gasteiger partial charge in [-0.2, -0.15) is 0 Å². The average Bonchev–Trinajstić information content (AvgIpc) is 3.36. The summed E-state index contributed by atoms with van der Waals surface area (Å²) in [4.78, 5) is 11.9. The topological polar surface area (TPSA) is 34.6 Å². The summed E-state index contributed by atoms with van der Waals surface area (Å²) in [6, 6.07) is 14.7. The molecule has 3 aromatic rings. The first kappa shape index (κ1) is 22.2. The number of halogens is 1. The summed E-state index contributed by atoms with van der Waals surface area (Å²) in [6.45, 7) is 10.1. The second kappa shape index (κ2) is 9.35. The lowest BCUT2D eigenvalue weighted by Crippen LogP contribution is -2.50. The molecular formula is C26H30ClN5S. The highest BCUT2D eigenvalue weighted by atomic mass is 35.5. The standard InChI is InChI=1S/C26H30ClN5S/c1-18-5-6-20(27)16-24(18)30-11-13-32(14-12-30)26(33)28-21-7-8-23-22(17-21)19(2)15-25(29-23)31-9-3-4-10-31/h5-8,15-17H,3-4,9-14H2,1-2H3,(H,28,33). The summed E-state index contributed by atoms with van der Waals surface area (Å²) in [7, 11) is 0. The molecule has 0 amide bonds. The molecule has 0 spiro atoms. The zero-order valence-electron chi connectivity index (χ0n) is 19.3. The van der Waals surface area contributed by atoms with Gasteiger partial charge in [-0.1, -0.05) is 17.7 Å². The van der Waals surface area contributed by atoms with Crippen LogP contribution in [0.3, 0.4) is 0 Å². The monoisotopic (exact) mass is 479 g/mol. The highest BCUT2D eigenvalue weighted by molar-refractivity contribution is 7.80. The van der Waals surface area contributed by atoms with E-state index in [1.54, 1.807) is 0 Å². The minimum absolute atomic E-state index is 0.774. The minimum Gasteiger partial charge on any atom is -0.368 e. The normalized spacial score (nSPS) is 16.5. The van der Waals surface area contributed by atoms with Gasteiger partial charge in [0, 0.05) is 61.1 Å². The van der Waals surface area contributed by atoms with Crippen LogP contribution < -0.4 is 15.1 Å². The van der Waals surface area contributed by atoms with Crippen molar-refractivity contribution in [3.05, 3.63) is 58.6 Å². The molecule has 0 bridgehead atoms. The zero-order valence-corrected chi connectivity index (χ0v) is 20.8. The molecule has 0 radical (unpaired) electrons. The first-order chi connectivity index (χ1) is 16.0. The fourth-order valence-corrected chi connectivity index (χ4v) is 5.31. The molecule has 2 aromatic carbocycles. The van der Waals surface area contributed by atoms with Crippen molar-refractivity contribution < 1.29 is 0 Å². The Kier molecular flexibility index (Phi) is 6.30. The summed E-state index contributed by atoms with van der Waals surface area (Å²) in [6.07, 6.45) is 2.51. The maximum atomic E-state index is 6.22. The number of nitrogens with zero attached hydrogens (tertiary/aromatic N) is 4. The number of benzene rings is 2. The number of hydrogen-bond donors (Lipinski definition) is 1. The van der Waals surface area contributed by atoms with Crippen molar-refractivity contribution in [1.82, 2.24) is 9.88 Å². The van der Waals surface area contributed by atoms with E-state index in [4.69, 9.17) is 28.8 Å². The first-order valence-electron chi connectivity index (χ1n) is 11.7. The third-order valence-electron chi connectivity index (χ3n) is 6.76. The molecule has 5 nitrogen and oxygen atoms in total. The van der Waals surface area contributed by atoms with E-state index in [-0.39, 0.29) is 0 Å². The Morgan fingerprint density at radius 2 is 1.64 bits per heavy atom. The molecule has 1 aromatic heterocycles. The minimum atomic E-state index is 0.774. The maximum absolute atomic E-state index is 6.22. The Labute approximate surface area is 206 Å². The third kappa shape index (κ3) is 4.73. The van der Waals surface area contributed by atoms with Crippen LogP contribution in [0.5, 0.6) is 0 Å². The van der Waals surface area contributed by atoms with E-state index in [0.717, 1.165) is 66.4 Å². The van der Waals surface area contributed by atoms with Crippen LogP contribution in [0.1, 0.15) is 24.0 Å². The molecule has 0 atom stereocenters. The molecule has 5 rings (SSSR count). The van der Waals surface area contributed by atoms with Crippen LogP contribution in [0.2, 0.25) is 5.02 Å². The molecule has 2 fully saturated rings. The number of hydrogen-bond acceptors (Lipinski definition) is 4. The molecule has 2 aliphatic heterocycles. The van der Waals surface area contributed by atoms with E-state index in [1.807, 2.05) is 6.07 Å². The number of aryl methyl sites for hydroxylation is 2. The van der Waals surface area contributed by atoms with Gasteiger partial charge >= 0.3 is 0 Å². The molecule has 1 N–H and O–H groups in total. The summed E-state index contributed by atoms with van der Waals surface area (Å²) >= 11 is 12.0. The van der Waals surface area contributed by atoms with Crippen LogP contribution >= 0.6 is 23.8 Å². The number of nitrogens with one attached hydrogen (secondary N) is 1. The van der Waals surface area contributed by atoms with Gasteiger partial charge in [0.1, 0.15) is 5.82 Å². The van der Waals surface area contributed by atoms with Gasteiger partial charge in [-0.3, -0.25) is 0 Å². The van der Waals surface area contributed by atoms with Gasteiger partial charge < -0.3 is 20.0 Å². The maximum Gasteiger partial charge on any atom is 0.173 e. The number of pyridine rings is 1. The van der Waals surface area contributed by atoms with E-state index >= 15 is 0 Å². The second-order valence-corrected chi connectivity index (χ2v) is 9.88. The largest absolute Gasteiger partial charge is 0.368 e. The molecule has 0 saturated carbocycles. The van der Waals surface area contributed by atoms with Gasteiger partial charge in [0.25, 0.3) is 0 Å². The van der Waals surface area contributed by atoms with Gasteiger partial charge in [-0.05, 0) is 86.4 Å². The van der Waals surface area contributed by atoms with Crippen LogP contribution in [0.25, 0.3) is 10.9 Å². The number of aromatic nitrogens is 1. The van der Waals surface area contributed by atoms with Crippen LogP contribution in [0.4, 0.5) is 17.2 Å². The highest BCUT2D eigenvalue weighted by Gasteiger charge is 2.21. The lowest BCUT2D eigenvalue weighted by atomic mass is 10.1. The lowest BCUT2D eigenvalue weighted by molar-refractivity contribution is 0.390. The Morgan fingerprint density at radius 3 is 2.39 bits per heavy atom. The van der Waals surface area contributed by atoms with E-state index in [0.29, 0.717) is 0 Å². The zero-order chi connectivity index (χ0) is 22.9. The van der Waals surface area contributed by atoms with Gasteiger partial charge in [-0.25, -0.2) is 4.98 Å². The number of thiocarbonyl (C=S) groups is 1. The van der Waals surface area contributed by atoms with Gasteiger partial charge in [0.05, 0.1) is 5.52 Å². The number of rotatable bonds is 3. The van der Waals surface area contributed by atoms with Crippen LogP contribution in [-0.2, 0) is 0 Å². The Balaban J connectivity index is 1.25. The molecule has 2 saturated heterocycles. The second-order valence-electron chi connectivity index (χ2n) is 9.06. The lowest BCUT2D eigenvalue weighted by Gasteiger charge is -2.38. The third-order valence-corrected chi connectivity index (χ3v) is 7.36. The summed E-state index contributed by atoms with van der Waals surface area (Å²) in [5.41, 5.74) is 5.77. The molecule has 2 aliphatic rings. The van der Waals surface area contributed by atoms with Crippen LogP contribution in [-0.4, -0.2) is 54.3 Å². The Bertz CT molecular complexity index is 1180. The van der Waals surface area contributed by atoms with Crippen molar-refractivity contribution in [3.63, 3.8) is 0 Å². The fourth-order valence-electron chi connectivity index (χ4n) is 4.84. The molecule has 0 unspecified atom stereocenters. The van der Waals surface area contributed by atoms with Crippen molar-refractivity contribution in [2.75, 3.05) is 54.4 Å². The molecule has 7 heteroatoms. The summed E-state index contributed by atoms with van der Waals surface area (Å²) in [5.74, 6) is 1.10. The van der Waals surface area contributed by atoms with E-state index in [2.05, 4.69) is 70.3 Å². The molecule has 0 aliphatic carbocycles. The average molecular weight is 480 g/mol. The van der Waals surface area contributed by atoms with Crippen molar-refractivity contribution in [1.29, 1.82) is 0 Å². The van der Waals surface area contributed by atoms with Crippen molar-refractivity contribution in [2.24, 2.45) is 0 Å². The highest BCUT2D eigenvalue weighted by Crippen LogP contribution is 2.28. The Morgan fingerprint density at radius 1 is 0.879 bits per heavy atom. The van der Waals surface area contributed by atoms with Crippen LogP contribution in [0, 0.1) is 13.8 Å². The summed E-state index contributed by atoms with van der Waals surface area (Å²) < 4.78 is 0. The first-order valence-corrected chi connectivity index (χ1v) is 12.5. The Hall–Kier alpha value is -2.57. The molecule has 3 heterocycles. The molecule has 33 heavy (non-hydrogen) atoms. The van der Waals surface area contributed by atoms with Crippen LogP contribution in [0.15, 0.2) is 42.5 Å². The summed E-state index contributed by atoms with van der Waals surface area (Å²) in [5, 5.41) is 6.18. The quantitative estimate of drug-likeness (QED) is 0.491. The number of anilines is 3. The van der Waals surface area contributed by atoms with E-state index in [1.165, 1.54) is 35.0 Å². The van der Waals surface area contributed by atoms with Crippen molar-refractivity contribution in [3.8, 4) is 0 Å². The molecular weight excluding hydrogens is 450 g/mol. The van der Waals surface area contributed by atoms with Crippen molar-refractivity contribution in [2.45, 2.75) is 26.7 Å². The molecule has 172 valence electrons. The predicted octanol–water partition coefficient (Wildman–Crippen LogP) is 5.62. The number of piperazine rings is 1. The predicted molar refractivity (Wildman–Crippen MR) is 144 cm³/mol. The van der Waals surface area contributed by atoms with E-state index < -0.39 is 0 Å².